The Hall–Kier alpha value is -2.50. The molecular weight excluding hydrogens is 266 g/mol. The van der Waals surface area contributed by atoms with Gasteiger partial charge >= 0.3 is 6.03 Å². The number of hydrogen-bond acceptors (Lipinski definition) is 4. The van der Waals surface area contributed by atoms with Crippen LogP contribution < -0.4 is 10.2 Å². The van der Waals surface area contributed by atoms with Gasteiger partial charge in [-0.25, -0.2) is 14.8 Å². The standard InChI is InChI=1S/C15H19N5O/c1-15(2,3)19-14(21)20(4)12-7-10-17-13(18-12)11-5-8-16-9-6-11/h5-10H,1-4H3,(H,19,21). The van der Waals surface area contributed by atoms with Crippen LogP contribution in [0.25, 0.3) is 11.4 Å². The first-order valence-corrected chi connectivity index (χ1v) is 6.66. The number of hydrogen-bond donors (Lipinski definition) is 1. The third-order valence-corrected chi connectivity index (χ3v) is 2.71. The number of nitrogens with zero attached hydrogens (tertiary/aromatic N) is 4. The van der Waals surface area contributed by atoms with Gasteiger partial charge in [0.1, 0.15) is 5.82 Å². The molecule has 21 heavy (non-hydrogen) atoms. The molecule has 0 radical (unpaired) electrons. The second kappa shape index (κ2) is 5.87. The van der Waals surface area contributed by atoms with E-state index >= 15 is 0 Å². The Balaban J connectivity index is 2.23. The molecule has 0 spiro atoms. The molecule has 0 atom stereocenters. The van der Waals surface area contributed by atoms with Gasteiger partial charge in [0, 0.05) is 36.7 Å². The van der Waals surface area contributed by atoms with Crippen molar-refractivity contribution in [3.8, 4) is 11.4 Å². The summed E-state index contributed by atoms with van der Waals surface area (Å²) < 4.78 is 0. The maximum Gasteiger partial charge on any atom is 0.323 e. The number of urea groups is 1. The Morgan fingerprint density at radius 3 is 2.43 bits per heavy atom. The summed E-state index contributed by atoms with van der Waals surface area (Å²) in [5.41, 5.74) is 0.559. The van der Waals surface area contributed by atoms with E-state index in [1.807, 2.05) is 32.9 Å². The molecule has 2 rings (SSSR count). The van der Waals surface area contributed by atoms with Crippen LogP contribution in [0.4, 0.5) is 10.6 Å². The molecule has 0 aliphatic rings. The van der Waals surface area contributed by atoms with Gasteiger partial charge in [-0.2, -0.15) is 0 Å². The van der Waals surface area contributed by atoms with Crippen LogP contribution in [0, 0.1) is 0 Å². The van der Waals surface area contributed by atoms with Gasteiger partial charge in [-0.15, -0.1) is 0 Å². The molecule has 1 N–H and O–H groups in total. The Labute approximate surface area is 124 Å². The van der Waals surface area contributed by atoms with Crippen molar-refractivity contribution in [3.63, 3.8) is 0 Å². The van der Waals surface area contributed by atoms with Crippen LogP contribution in [0.3, 0.4) is 0 Å². The van der Waals surface area contributed by atoms with Crippen molar-refractivity contribution >= 4 is 11.8 Å². The van der Waals surface area contributed by atoms with E-state index in [9.17, 15) is 4.79 Å². The number of pyridine rings is 1. The normalized spacial score (nSPS) is 11.0. The Kier molecular flexibility index (Phi) is 4.16. The molecule has 110 valence electrons. The van der Waals surface area contributed by atoms with Gasteiger partial charge in [0.25, 0.3) is 0 Å². The highest BCUT2D eigenvalue weighted by molar-refractivity contribution is 5.90. The fraction of sp³-hybridized carbons (Fsp3) is 0.333. The Morgan fingerprint density at radius 1 is 1.14 bits per heavy atom. The van der Waals surface area contributed by atoms with Gasteiger partial charge in [0.2, 0.25) is 0 Å². The zero-order valence-electron chi connectivity index (χ0n) is 12.7. The first-order chi connectivity index (χ1) is 9.87. The van der Waals surface area contributed by atoms with Crippen LogP contribution in [0.15, 0.2) is 36.8 Å². The predicted molar refractivity (Wildman–Crippen MR) is 82.0 cm³/mol. The van der Waals surface area contributed by atoms with E-state index in [-0.39, 0.29) is 11.6 Å². The number of rotatable bonds is 2. The average Bonchev–Trinajstić information content (AvgIpc) is 2.46. The largest absolute Gasteiger partial charge is 0.333 e. The van der Waals surface area contributed by atoms with Crippen LogP contribution in [0.2, 0.25) is 0 Å². The maximum atomic E-state index is 12.2. The van der Waals surface area contributed by atoms with E-state index in [0.29, 0.717) is 11.6 Å². The van der Waals surface area contributed by atoms with Gasteiger partial charge in [-0.1, -0.05) is 0 Å². The molecule has 2 aromatic rings. The number of anilines is 1. The summed E-state index contributed by atoms with van der Waals surface area (Å²) in [7, 11) is 1.68. The van der Waals surface area contributed by atoms with Crippen LogP contribution in [0.1, 0.15) is 20.8 Å². The topological polar surface area (TPSA) is 71.0 Å². The van der Waals surface area contributed by atoms with Crippen LogP contribution >= 0.6 is 0 Å². The number of amides is 2. The predicted octanol–water partition coefficient (Wildman–Crippen LogP) is 2.48. The quantitative estimate of drug-likeness (QED) is 0.920. The van der Waals surface area contributed by atoms with Gasteiger partial charge in [0.15, 0.2) is 5.82 Å². The van der Waals surface area contributed by atoms with Crippen LogP contribution in [0.5, 0.6) is 0 Å². The van der Waals surface area contributed by atoms with Gasteiger partial charge in [-0.05, 0) is 39.0 Å². The van der Waals surface area contributed by atoms with Crippen molar-refractivity contribution < 1.29 is 4.79 Å². The molecule has 0 aliphatic carbocycles. The van der Waals surface area contributed by atoms with E-state index in [2.05, 4.69) is 20.3 Å². The van der Waals surface area contributed by atoms with Crippen molar-refractivity contribution in [3.05, 3.63) is 36.8 Å². The highest BCUT2D eigenvalue weighted by atomic mass is 16.2. The summed E-state index contributed by atoms with van der Waals surface area (Å²) in [5.74, 6) is 1.10. The summed E-state index contributed by atoms with van der Waals surface area (Å²) in [4.78, 5) is 26.2. The average molecular weight is 285 g/mol. The second-order valence-corrected chi connectivity index (χ2v) is 5.71. The molecule has 0 bridgehead atoms. The highest BCUT2D eigenvalue weighted by Crippen LogP contribution is 2.17. The highest BCUT2D eigenvalue weighted by Gasteiger charge is 2.19. The van der Waals surface area contributed by atoms with E-state index in [1.54, 1.807) is 31.7 Å². The van der Waals surface area contributed by atoms with E-state index in [4.69, 9.17) is 0 Å². The molecular formula is C15H19N5O. The molecule has 0 saturated carbocycles. The summed E-state index contributed by atoms with van der Waals surface area (Å²) in [5, 5.41) is 2.89. The summed E-state index contributed by atoms with van der Waals surface area (Å²) in [6.45, 7) is 5.79. The first-order valence-electron chi connectivity index (χ1n) is 6.66. The Bertz CT molecular complexity index is 621. The summed E-state index contributed by atoms with van der Waals surface area (Å²) in [6, 6.07) is 5.15. The SMILES string of the molecule is CN(C(=O)NC(C)(C)C)c1ccnc(-c2ccncc2)n1. The lowest BCUT2D eigenvalue weighted by Crippen LogP contribution is -2.47. The van der Waals surface area contributed by atoms with Crippen molar-refractivity contribution in [2.75, 3.05) is 11.9 Å². The lowest BCUT2D eigenvalue weighted by atomic mass is 10.1. The minimum atomic E-state index is -0.299. The molecule has 6 nitrogen and oxygen atoms in total. The molecule has 2 amide bonds. The minimum absolute atomic E-state index is 0.207. The molecule has 0 aliphatic heterocycles. The fourth-order valence-electron chi connectivity index (χ4n) is 1.68. The minimum Gasteiger partial charge on any atom is -0.333 e. The molecule has 0 fully saturated rings. The molecule has 0 aromatic carbocycles. The third kappa shape index (κ3) is 3.98. The number of carbonyl (C=O) groups is 1. The van der Waals surface area contributed by atoms with Gasteiger partial charge in [0.05, 0.1) is 0 Å². The van der Waals surface area contributed by atoms with Crippen molar-refractivity contribution in [2.24, 2.45) is 0 Å². The van der Waals surface area contributed by atoms with E-state index in [0.717, 1.165) is 5.56 Å². The second-order valence-electron chi connectivity index (χ2n) is 5.71. The molecule has 0 saturated heterocycles. The molecule has 2 aromatic heterocycles. The van der Waals surface area contributed by atoms with Gasteiger partial charge in [-0.3, -0.25) is 9.88 Å². The van der Waals surface area contributed by atoms with Crippen LogP contribution in [-0.4, -0.2) is 33.6 Å². The van der Waals surface area contributed by atoms with Crippen LogP contribution in [-0.2, 0) is 0 Å². The van der Waals surface area contributed by atoms with Crippen molar-refractivity contribution in [2.45, 2.75) is 26.3 Å². The van der Waals surface area contributed by atoms with Gasteiger partial charge < -0.3 is 5.32 Å². The Morgan fingerprint density at radius 2 is 1.81 bits per heavy atom. The zero-order valence-corrected chi connectivity index (χ0v) is 12.7. The molecule has 2 heterocycles. The smallest absolute Gasteiger partial charge is 0.323 e. The van der Waals surface area contributed by atoms with Crippen molar-refractivity contribution in [1.82, 2.24) is 20.3 Å². The lowest BCUT2D eigenvalue weighted by Gasteiger charge is -2.25. The number of carbonyl (C=O) groups excluding carboxylic acids is 1. The van der Waals surface area contributed by atoms with Crippen molar-refractivity contribution in [1.29, 1.82) is 0 Å². The lowest BCUT2D eigenvalue weighted by molar-refractivity contribution is 0.239. The molecule has 0 unspecified atom stereocenters. The zero-order chi connectivity index (χ0) is 15.5. The molecule has 6 heteroatoms. The fourth-order valence-corrected chi connectivity index (χ4v) is 1.68. The maximum absolute atomic E-state index is 12.2. The monoisotopic (exact) mass is 285 g/mol. The number of nitrogens with one attached hydrogen (secondary N) is 1. The summed E-state index contributed by atoms with van der Waals surface area (Å²) >= 11 is 0. The number of aromatic nitrogens is 3. The van der Waals surface area contributed by atoms with E-state index in [1.165, 1.54) is 4.90 Å². The first kappa shape index (κ1) is 14.9. The third-order valence-electron chi connectivity index (χ3n) is 2.71. The summed E-state index contributed by atoms with van der Waals surface area (Å²) in [6.07, 6.45) is 5.00. The van der Waals surface area contributed by atoms with E-state index < -0.39 is 0 Å².